The van der Waals surface area contributed by atoms with Crippen LogP contribution in [0.2, 0.25) is 5.02 Å². The number of anilines is 1. The van der Waals surface area contributed by atoms with E-state index in [1.165, 1.54) is 0 Å². The molecule has 0 aliphatic rings. The van der Waals surface area contributed by atoms with Crippen LogP contribution < -0.4 is 5.32 Å². The number of halogens is 2. The van der Waals surface area contributed by atoms with Gasteiger partial charge in [0.05, 0.1) is 16.3 Å². The van der Waals surface area contributed by atoms with Crippen molar-refractivity contribution < 1.29 is 4.79 Å². The van der Waals surface area contributed by atoms with Crippen LogP contribution in [0, 0.1) is 11.3 Å². The minimum atomic E-state index is 0.253. The highest BCUT2D eigenvalue weighted by Gasteiger charge is 2.08. The van der Waals surface area contributed by atoms with Crippen molar-refractivity contribution in [3.8, 4) is 6.07 Å². The zero-order chi connectivity index (χ0) is 9.84. The maximum absolute atomic E-state index is 10.2. The predicted octanol–water partition coefficient (Wildman–Crippen LogP) is 2.54. The number of nitrogens with zero attached hydrogens (tertiary/aromatic N) is 1. The Hall–Kier alpha value is -1.05. The summed E-state index contributed by atoms with van der Waals surface area (Å²) in [4.78, 5) is 10.2. The lowest BCUT2D eigenvalue weighted by Gasteiger charge is -2.04. The number of carbonyl (C=O) groups is 1. The molecule has 66 valence electrons. The first-order chi connectivity index (χ1) is 6.20. The third-order valence-electron chi connectivity index (χ3n) is 1.42. The summed E-state index contributed by atoms with van der Waals surface area (Å²) >= 11 is 8.98. The van der Waals surface area contributed by atoms with Crippen LogP contribution in [0.15, 0.2) is 16.6 Å². The average Bonchev–Trinajstić information content (AvgIpc) is 2.12. The van der Waals surface area contributed by atoms with Crippen molar-refractivity contribution in [2.24, 2.45) is 0 Å². The second kappa shape index (κ2) is 4.26. The van der Waals surface area contributed by atoms with Crippen LogP contribution in [0.3, 0.4) is 0 Å². The first-order valence-corrected chi connectivity index (χ1v) is 4.46. The molecule has 1 aromatic carbocycles. The van der Waals surface area contributed by atoms with Crippen molar-refractivity contribution in [3.05, 3.63) is 27.2 Å². The van der Waals surface area contributed by atoms with Gasteiger partial charge in [0.2, 0.25) is 6.41 Å². The minimum absolute atomic E-state index is 0.253. The molecule has 0 aliphatic heterocycles. The Morgan fingerprint density at radius 2 is 2.31 bits per heavy atom. The Bertz CT molecular complexity index is 386. The summed E-state index contributed by atoms with van der Waals surface area (Å²) in [6.45, 7) is 0. The molecule has 0 aliphatic carbocycles. The first kappa shape index (κ1) is 10.0. The number of carbonyl (C=O) groups excluding carboxylic acids is 1. The standard InChI is InChI=1S/C8H4BrClN2O/c9-6-1-2-7(12-4-13)5(3-11)8(6)10/h1-2,4H,(H,12,13). The van der Waals surface area contributed by atoms with Crippen molar-refractivity contribution >= 4 is 39.6 Å². The van der Waals surface area contributed by atoms with Gasteiger partial charge in [-0.05, 0) is 28.1 Å². The Labute approximate surface area is 88.4 Å². The highest BCUT2D eigenvalue weighted by molar-refractivity contribution is 9.10. The minimum Gasteiger partial charge on any atom is -0.327 e. The molecule has 0 atom stereocenters. The van der Waals surface area contributed by atoms with Gasteiger partial charge in [-0.1, -0.05) is 11.6 Å². The number of amides is 1. The second-order valence-electron chi connectivity index (χ2n) is 2.16. The van der Waals surface area contributed by atoms with Crippen LogP contribution in [0.4, 0.5) is 5.69 Å². The molecule has 0 radical (unpaired) electrons. The molecule has 0 spiro atoms. The van der Waals surface area contributed by atoms with Crippen LogP contribution >= 0.6 is 27.5 Å². The van der Waals surface area contributed by atoms with Gasteiger partial charge in [0.15, 0.2) is 0 Å². The molecule has 0 saturated heterocycles. The summed E-state index contributed by atoms with van der Waals surface area (Å²) in [6, 6.07) is 5.17. The summed E-state index contributed by atoms with van der Waals surface area (Å²) in [5.41, 5.74) is 0.661. The topological polar surface area (TPSA) is 52.9 Å². The van der Waals surface area contributed by atoms with Gasteiger partial charge < -0.3 is 5.32 Å². The van der Waals surface area contributed by atoms with E-state index >= 15 is 0 Å². The van der Waals surface area contributed by atoms with Gasteiger partial charge in [-0.15, -0.1) is 0 Å². The third-order valence-corrected chi connectivity index (χ3v) is 2.70. The van der Waals surface area contributed by atoms with Gasteiger partial charge >= 0.3 is 0 Å². The molecule has 1 rings (SSSR count). The van der Waals surface area contributed by atoms with E-state index in [2.05, 4.69) is 21.2 Å². The molecular formula is C8H4BrClN2O. The lowest BCUT2D eigenvalue weighted by atomic mass is 10.2. The fourth-order valence-electron chi connectivity index (χ4n) is 0.844. The second-order valence-corrected chi connectivity index (χ2v) is 3.39. The molecule has 1 N–H and O–H groups in total. The largest absolute Gasteiger partial charge is 0.327 e. The van der Waals surface area contributed by atoms with Gasteiger partial charge in [0.25, 0.3) is 0 Å². The van der Waals surface area contributed by atoms with E-state index in [4.69, 9.17) is 16.9 Å². The Kier molecular flexibility index (Phi) is 3.29. The lowest BCUT2D eigenvalue weighted by Crippen LogP contribution is -1.97. The lowest BCUT2D eigenvalue weighted by molar-refractivity contribution is -0.105. The summed E-state index contributed by atoms with van der Waals surface area (Å²) in [5, 5.41) is 11.4. The molecule has 1 amide bonds. The molecule has 5 heteroatoms. The summed E-state index contributed by atoms with van der Waals surface area (Å²) in [5.74, 6) is 0. The number of rotatable bonds is 2. The zero-order valence-electron chi connectivity index (χ0n) is 6.34. The van der Waals surface area contributed by atoms with Crippen molar-refractivity contribution in [2.45, 2.75) is 0 Å². The van der Waals surface area contributed by atoms with Crippen LogP contribution in [0.5, 0.6) is 0 Å². The van der Waals surface area contributed by atoms with E-state index in [1.54, 1.807) is 12.1 Å². The van der Waals surface area contributed by atoms with Gasteiger partial charge in [-0.25, -0.2) is 0 Å². The van der Waals surface area contributed by atoms with Crippen molar-refractivity contribution in [1.29, 1.82) is 5.26 Å². The van der Waals surface area contributed by atoms with E-state index in [0.29, 0.717) is 21.6 Å². The molecule has 3 nitrogen and oxygen atoms in total. The summed E-state index contributed by atoms with van der Waals surface area (Å²) in [6.07, 6.45) is 0.500. The van der Waals surface area contributed by atoms with Crippen molar-refractivity contribution in [1.82, 2.24) is 0 Å². The van der Waals surface area contributed by atoms with Gasteiger partial charge in [0, 0.05) is 4.47 Å². The van der Waals surface area contributed by atoms with E-state index in [0.717, 1.165) is 0 Å². The molecule has 13 heavy (non-hydrogen) atoms. The highest BCUT2D eigenvalue weighted by Crippen LogP contribution is 2.30. The molecule has 0 bridgehead atoms. The Balaban J connectivity index is 3.31. The fourth-order valence-corrected chi connectivity index (χ4v) is 1.38. The number of nitrogens with one attached hydrogen (secondary N) is 1. The van der Waals surface area contributed by atoms with Crippen LogP contribution in [0.1, 0.15) is 5.56 Å². The van der Waals surface area contributed by atoms with Gasteiger partial charge in [-0.3, -0.25) is 4.79 Å². The van der Waals surface area contributed by atoms with E-state index in [9.17, 15) is 4.79 Å². The van der Waals surface area contributed by atoms with E-state index in [1.807, 2.05) is 6.07 Å². The van der Waals surface area contributed by atoms with E-state index < -0.39 is 0 Å². The number of nitriles is 1. The fraction of sp³-hybridized carbons (Fsp3) is 0. The number of hydrogen-bond acceptors (Lipinski definition) is 2. The summed E-state index contributed by atoms with van der Waals surface area (Å²) in [7, 11) is 0. The molecule has 1 aromatic rings. The monoisotopic (exact) mass is 258 g/mol. The molecule has 0 saturated carbocycles. The third kappa shape index (κ3) is 2.00. The van der Waals surface area contributed by atoms with Gasteiger partial charge in [0.1, 0.15) is 6.07 Å². The van der Waals surface area contributed by atoms with Crippen LogP contribution in [0.25, 0.3) is 0 Å². The average molecular weight is 259 g/mol. The molecule has 0 unspecified atom stereocenters. The van der Waals surface area contributed by atoms with E-state index in [-0.39, 0.29) is 5.56 Å². The maximum Gasteiger partial charge on any atom is 0.211 e. The smallest absolute Gasteiger partial charge is 0.211 e. The first-order valence-electron chi connectivity index (χ1n) is 3.29. The van der Waals surface area contributed by atoms with Crippen molar-refractivity contribution in [2.75, 3.05) is 5.32 Å². The number of benzene rings is 1. The number of hydrogen-bond donors (Lipinski definition) is 1. The molecule has 0 aromatic heterocycles. The van der Waals surface area contributed by atoms with Crippen LogP contribution in [-0.4, -0.2) is 6.41 Å². The zero-order valence-corrected chi connectivity index (χ0v) is 8.69. The molecular weight excluding hydrogens is 255 g/mol. The maximum atomic E-state index is 10.2. The Morgan fingerprint density at radius 1 is 1.62 bits per heavy atom. The normalized spacial score (nSPS) is 9.00. The summed E-state index contributed by atoms with van der Waals surface area (Å²) < 4.78 is 0.627. The Morgan fingerprint density at radius 3 is 2.85 bits per heavy atom. The quantitative estimate of drug-likeness (QED) is 0.830. The predicted molar refractivity (Wildman–Crippen MR) is 53.6 cm³/mol. The highest BCUT2D eigenvalue weighted by atomic mass is 79.9. The van der Waals surface area contributed by atoms with Gasteiger partial charge in [-0.2, -0.15) is 5.26 Å². The SMILES string of the molecule is N#Cc1c(NC=O)ccc(Br)c1Cl. The molecule has 0 heterocycles. The van der Waals surface area contributed by atoms with Crippen LogP contribution in [-0.2, 0) is 4.79 Å². The van der Waals surface area contributed by atoms with Crippen molar-refractivity contribution in [3.63, 3.8) is 0 Å². The molecule has 0 fully saturated rings.